The van der Waals surface area contributed by atoms with E-state index in [2.05, 4.69) is 11.1 Å². The maximum atomic E-state index is 12.6. The summed E-state index contributed by atoms with van der Waals surface area (Å²) in [5, 5.41) is 1.11. The van der Waals surface area contributed by atoms with Gasteiger partial charge in [-0.2, -0.15) is 0 Å². The summed E-state index contributed by atoms with van der Waals surface area (Å²) in [6.45, 7) is 4.09. The lowest BCUT2D eigenvalue weighted by Gasteiger charge is -2.32. The highest BCUT2D eigenvalue weighted by Gasteiger charge is 2.24. The SMILES string of the molecule is CCOc1ccccc1OC1CCN(C(=O)CCCc2nc3ccccc3s2)CC1. The number of ether oxygens (including phenoxy) is 2. The number of aryl methyl sites for hydroxylation is 1. The molecule has 5 nitrogen and oxygen atoms in total. The van der Waals surface area contributed by atoms with Crippen molar-refractivity contribution < 1.29 is 14.3 Å². The second-order valence-electron chi connectivity index (χ2n) is 7.51. The molecule has 6 heteroatoms. The van der Waals surface area contributed by atoms with Gasteiger partial charge >= 0.3 is 0 Å². The number of carbonyl (C=O) groups is 1. The Kier molecular flexibility index (Phi) is 6.84. The zero-order chi connectivity index (χ0) is 20.8. The molecule has 2 heterocycles. The van der Waals surface area contributed by atoms with Crippen molar-refractivity contribution in [1.29, 1.82) is 0 Å². The van der Waals surface area contributed by atoms with Crippen molar-refractivity contribution in [2.45, 2.75) is 45.1 Å². The first-order valence-corrected chi connectivity index (χ1v) is 11.6. The standard InChI is InChI=1S/C24H28N2O3S/c1-2-28-20-9-4-5-10-21(20)29-18-14-16-26(17-15-18)24(27)13-7-12-23-25-19-8-3-6-11-22(19)30-23/h3-6,8-11,18H,2,7,12-17H2,1H3. The van der Waals surface area contributed by atoms with Crippen LogP contribution in [0.15, 0.2) is 48.5 Å². The number of rotatable bonds is 8. The lowest BCUT2D eigenvalue weighted by molar-refractivity contribution is -0.133. The van der Waals surface area contributed by atoms with E-state index in [1.807, 2.05) is 54.3 Å². The number of thiazole rings is 1. The molecule has 1 saturated heterocycles. The highest BCUT2D eigenvalue weighted by molar-refractivity contribution is 7.18. The fourth-order valence-electron chi connectivity index (χ4n) is 3.80. The fraction of sp³-hybridized carbons (Fsp3) is 0.417. The van der Waals surface area contributed by atoms with Crippen LogP contribution in [0.25, 0.3) is 10.2 Å². The molecular formula is C24H28N2O3S. The quantitative estimate of drug-likeness (QED) is 0.506. The smallest absolute Gasteiger partial charge is 0.222 e. The first-order valence-electron chi connectivity index (χ1n) is 10.7. The fourth-order valence-corrected chi connectivity index (χ4v) is 4.81. The summed E-state index contributed by atoms with van der Waals surface area (Å²) >= 11 is 1.73. The Balaban J connectivity index is 1.21. The van der Waals surface area contributed by atoms with Crippen LogP contribution in [-0.2, 0) is 11.2 Å². The Morgan fingerprint density at radius 1 is 1.10 bits per heavy atom. The van der Waals surface area contributed by atoms with Crippen LogP contribution >= 0.6 is 11.3 Å². The Bertz CT molecular complexity index is 946. The van der Waals surface area contributed by atoms with Crippen LogP contribution in [0, 0.1) is 0 Å². The molecule has 4 rings (SSSR count). The van der Waals surface area contributed by atoms with Gasteiger partial charge in [0.1, 0.15) is 6.10 Å². The van der Waals surface area contributed by atoms with Gasteiger partial charge in [0.25, 0.3) is 0 Å². The molecule has 1 aliphatic rings. The summed E-state index contributed by atoms with van der Waals surface area (Å²) in [4.78, 5) is 19.3. The number of hydrogen-bond donors (Lipinski definition) is 0. The minimum absolute atomic E-state index is 0.124. The van der Waals surface area contributed by atoms with Crippen LogP contribution < -0.4 is 9.47 Å². The zero-order valence-electron chi connectivity index (χ0n) is 17.4. The molecule has 3 aromatic rings. The Morgan fingerprint density at radius 3 is 2.60 bits per heavy atom. The highest BCUT2D eigenvalue weighted by atomic mass is 32.1. The molecule has 0 atom stereocenters. The van der Waals surface area contributed by atoms with E-state index in [0.717, 1.165) is 60.8 Å². The molecule has 158 valence electrons. The van der Waals surface area contributed by atoms with Gasteiger partial charge in [-0.25, -0.2) is 4.98 Å². The Hall–Kier alpha value is -2.60. The number of aromatic nitrogens is 1. The van der Waals surface area contributed by atoms with E-state index in [0.29, 0.717) is 13.0 Å². The van der Waals surface area contributed by atoms with Gasteiger partial charge < -0.3 is 14.4 Å². The summed E-state index contributed by atoms with van der Waals surface area (Å²) in [5.41, 5.74) is 1.05. The number of hydrogen-bond acceptors (Lipinski definition) is 5. The number of benzene rings is 2. The average molecular weight is 425 g/mol. The van der Waals surface area contributed by atoms with Crippen molar-refractivity contribution in [3.63, 3.8) is 0 Å². The van der Waals surface area contributed by atoms with Crippen LogP contribution in [0.3, 0.4) is 0 Å². The maximum Gasteiger partial charge on any atom is 0.222 e. The minimum Gasteiger partial charge on any atom is -0.490 e. The van der Waals surface area contributed by atoms with E-state index >= 15 is 0 Å². The molecule has 1 fully saturated rings. The second-order valence-corrected chi connectivity index (χ2v) is 8.62. The second kappa shape index (κ2) is 9.94. The van der Waals surface area contributed by atoms with Gasteiger partial charge in [0.2, 0.25) is 5.91 Å². The third kappa shape index (κ3) is 5.11. The number of nitrogens with zero attached hydrogens (tertiary/aromatic N) is 2. The molecule has 1 aliphatic heterocycles. The molecule has 0 aliphatic carbocycles. The predicted octanol–water partition coefficient (Wildman–Crippen LogP) is 5.09. The Morgan fingerprint density at radius 2 is 1.83 bits per heavy atom. The number of para-hydroxylation sites is 3. The normalized spacial score (nSPS) is 14.8. The van der Waals surface area contributed by atoms with Crippen molar-refractivity contribution in [1.82, 2.24) is 9.88 Å². The number of carbonyl (C=O) groups excluding carboxylic acids is 1. The summed E-state index contributed by atoms with van der Waals surface area (Å²) in [7, 11) is 0. The molecule has 2 aromatic carbocycles. The molecule has 30 heavy (non-hydrogen) atoms. The van der Waals surface area contributed by atoms with Gasteiger partial charge in [-0.3, -0.25) is 4.79 Å². The highest BCUT2D eigenvalue weighted by Crippen LogP contribution is 2.29. The van der Waals surface area contributed by atoms with Crippen LogP contribution in [0.4, 0.5) is 0 Å². The first-order chi connectivity index (χ1) is 14.7. The lowest BCUT2D eigenvalue weighted by atomic mass is 10.1. The third-order valence-electron chi connectivity index (χ3n) is 5.36. The van der Waals surface area contributed by atoms with Crippen molar-refractivity contribution >= 4 is 27.5 Å². The Labute approximate surface area is 181 Å². The average Bonchev–Trinajstić information content (AvgIpc) is 3.18. The van der Waals surface area contributed by atoms with Gasteiger partial charge in [-0.05, 0) is 44.0 Å². The minimum atomic E-state index is 0.124. The zero-order valence-corrected chi connectivity index (χ0v) is 18.2. The monoisotopic (exact) mass is 424 g/mol. The molecule has 0 bridgehead atoms. The van der Waals surface area contributed by atoms with Crippen LogP contribution in [0.1, 0.15) is 37.6 Å². The van der Waals surface area contributed by atoms with Gasteiger partial charge in [0.05, 0.1) is 21.8 Å². The molecule has 0 N–H and O–H groups in total. The third-order valence-corrected chi connectivity index (χ3v) is 6.45. The van der Waals surface area contributed by atoms with Crippen LogP contribution in [0.2, 0.25) is 0 Å². The first kappa shape index (κ1) is 20.7. The maximum absolute atomic E-state index is 12.6. The molecule has 1 aromatic heterocycles. The topological polar surface area (TPSA) is 51.7 Å². The lowest BCUT2D eigenvalue weighted by Crippen LogP contribution is -2.41. The van der Waals surface area contributed by atoms with Crippen molar-refractivity contribution in [2.75, 3.05) is 19.7 Å². The van der Waals surface area contributed by atoms with Gasteiger partial charge in [0.15, 0.2) is 11.5 Å². The van der Waals surface area contributed by atoms with Crippen molar-refractivity contribution in [3.8, 4) is 11.5 Å². The summed E-state index contributed by atoms with van der Waals surface area (Å²) < 4.78 is 13.0. The molecule has 0 saturated carbocycles. The van der Waals surface area contributed by atoms with Crippen LogP contribution in [-0.4, -0.2) is 41.6 Å². The number of piperidine rings is 1. The van der Waals surface area contributed by atoms with Crippen molar-refractivity contribution in [2.24, 2.45) is 0 Å². The van der Waals surface area contributed by atoms with E-state index < -0.39 is 0 Å². The molecule has 0 radical (unpaired) electrons. The molecule has 1 amide bonds. The van der Waals surface area contributed by atoms with Gasteiger partial charge in [0, 0.05) is 32.4 Å². The molecule has 0 spiro atoms. The molecular weight excluding hydrogens is 396 g/mol. The number of likely N-dealkylation sites (tertiary alicyclic amines) is 1. The van der Waals surface area contributed by atoms with Gasteiger partial charge in [-0.15, -0.1) is 11.3 Å². The van der Waals surface area contributed by atoms with E-state index in [1.54, 1.807) is 11.3 Å². The molecule has 0 unspecified atom stereocenters. The summed E-state index contributed by atoms with van der Waals surface area (Å²) in [6, 6.07) is 16.0. The van der Waals surface area contributed by atoms with E-state index in [1.165, 1.54) is 4.70 Å². The summed E-state index contributed by atoms with van der Waals surface area (Å²) in [5.74, 6) is 1.82. The van der Waals surface area contributed by atoms with E-state index in [-0.39, 0.29) is 12.0 Å². The number of fused-ring (bicyclic) bond motifs is 1. The van der Waals surface area contributed by atoms with Crippen LogP contribution in [0.5, 0.6) is 11.5 Å². The summed E-state index contributed by atoms with van der Waals surface area (Å²) in [6.07, 6.45) is 4.11. The predicted molar refractivity (Wildman–Crippen MR) is 120 cm³/mol. The van der Waals surface area contributed by atoms with E-state index in [9.17, 15) is 4.79 Å². The number of amides is 1. The van der Waals surface area contributed by atoms with Crippen molar-refractivity contribution in [3.05, 3.63) is 53.5 Å². The van der Waals surface area contributed by atoms with Gasteiger partial charge in [-0.1, -0.05) is 24.3 Å². The van der Waals surface area contributed by atoms with E-state index in [4.69, 9.17) is 9.47 Å². The largest absolute Gasteiger partial charge is 0.490 e.